The molecule has 1 rings (SSSR count). The number of hydrogen-bond acceptors (Lipinski definition) is 5. The lowest BCUT2D eigenvalue weighted by molar-refractivity contribution is 0.0182. The summed E-state index contributed by atoms with van der Waals surface area (Å²) in [6.07, 6.45) is -0.494. The highest BCUT2D eigenvalue weighted by Crippen LogP contribution is 2.33. The third-order valence-corrected chi connectivity index (χ3v) is 4.79. The summed E-state index contributed by atoms with van der Waals surface area (Å²) in [5.74, 6) is -0.0384. The highest BCUT2D eigenvalue weighted by molar-refractivity contribution is 7.91. The number of primary amides is 1. The van der Waals surface area contributed by atoms with Crippen molar-refractivity contribution < 1.29 is 17.9 Å². The molecule has 0 aromatic carbocycles. The van der Waals surface area contributed by atoms with E-state index >= 15 is 0 Å². The first-order valence-electron chi connectivity index (χ1n) is 5.89. The molecule has 0 bridgehead atoms. The van der Waals surface area contributed by atoms with Gasteiger partial charge in [-0.05, 0) is 0 Å². The van der Waals surface area contributed by atoms with E-state index < -0.39 is 32.7 Å². The molecule has 1 saturated heterocycles. The second kappa shape index (κ2) is 5.05. The van der Waals surface area contributed by atoms with Crippen molar-refractivity contribution in [2.45, 2.75) is 32.1 Å². The normalized spacial score (nSPS) is 20.9. The molecule has 1 fully saturated rings. The lowest BCUT2D eigenvalue weighted by Crippen LogP contribution is -2.58. The zero-order chi connectivity index (χ0) is 14.1. The number of hydrogen-bond donors (Lipinski definition) is 2. The predicted molar refractivity (Wildman–Crippen MR) is 68.9 cm³/mol. The van der Waals surface area contributed by atoms with Crippen LogP contribution in [0.5, 0.6) is 0 Å². The number of carbonyl (C=O) groups is 1. The average Bonchev–Trinajstić information content (AvgIpc) is 2.03. The standard InChI is InChI=1S/C11H22N2O4S/c1-11(2,3)9(17-10(12)14)8(18(4,15)16)7-5-13-6-7/h7-9,13H,5-6H2,1-4H3,(H2,12,14). The van der Waals surface area contributed by atoms with Crippen LogP contribution in [-0.4, -0.2) is 45.2 Å². The van der Waals surface area contributed by atoms with Gasteiger partial charge in [-0.15, -0.1) is 0 Å². The van der Waals surface area contributed by atoms with Crippen LogP contribution in [0, 0.1) is 11.3 Å². The Bertz CT molecular complexity index is 409. The fraction of sp³-hybridized carbons (Fsp3) is 0.909. The second-order valence-corrected chi connectivity index (χ2v) is 8.14. The smallest absolute Gasteiger partial charge is 0.404 e. The van der Waals surface area contributed by atoms with Gasteiger partial charge in [-0.2, -0.15) is 0 Å². The molecule has 1 amide bonds. The van der Waals surface area contributed by atoms with Crippen molar-refractivity contribution >= 4 is 15.9 Å². The minimum absolute atomic E-state index is 0.0384. The van der Waals surface area contributed by atoms with Gasteiger partial charge >= 0.3 is 6.09 Å². The van der Waals surface area contributed by atoms with Crippen LogP contribution < -0.4 is 11.1 Å². The SMILES string of the molecule is CC(C)(C)C(OC(N)=O)C(C1CNC1)S(C)(=O)=O. The molecule has 7 heteroatoms. The van der Waals surface area contributed by atoms with Crippen molar-refractivity contribution in [3.63, 3.8) is 0 Å². The van der Waals surface area contributed by atoms with Crippen LogP contribution in [0.2, 0.25) is 0 Å². The van der Waals surface area contributed by atoms with Gasteiger partial charge in [0.1, 0.15) is 11.4 Å². The number of amides is 1. The van der Waals surface area contributed by atoms with Crippen LogP contribution in [0.15, 0.2) is 0 Å². The van der Waals surface area contributed by atoms with Crippen LogP contribution in [-0.2, 0) is 14.6 Å². The van der Waals surface area contributed by atoms with Gasteiger partial charge in [0.05, 0.1) is 0 Å². The molecule has 0 aromatic heterocycles. The van der Waals surface area contributed by atoms with E-state index in [-0.39, 0.29) is 5.92 Å². The molecule has 0 radical (unpaired) electrons. The van der Waals surface area contributed by atoms with E-state index in [1.165, 1.54) is 6.26 Å². The highest BCUT2D eigenvalue weighted by atomic mass is 32.2. The molecule has 1 heterocycles. The Morgan fingerprint density at radius 2 is 1.89 bits per heavy atom. The molecule has 0 aliphatic carbocycles. The Kier molecular flexibility index (Phi) is 4.27. The maximum atomic E-state index is 12.0. The van der Waals surface area contributed by atoms with Crippen LogP contribution in [0.4, 0.5) is 4.79 Å². The highest BCUT2D eigenvalue weighted by Gasteiger charge is 2.46. The van der Waals surface area contributed by atoms with Crippen molar-refractivity contribution in [2.24, 2.45) is 17.1 Å². The number of ether oxygens (including phenoxy) is 1. The van der Waals surface area contributed by atoms with E-state index in [9.17, 15) is 13.2 Å². The molecule has 1 aliphatic heterocycles. The van der Waals surface area contributed by atoms with Crippen molar-refractivity contribution in [3.05, 3.63) is 0 Å². The van der Waals surface area contributed by atoms with E-state index in [2.05, 4.69) is 5.32 Å². The summed E-state index contributed by atoms with van der Waals surface area (Å²) < 4.78 is 29.0. The number of rotatable bonds is 4. The van der Waals surface area contributed by atoms with Gasteiger partial charge in [0, 0.05) is 30.7 Å². The Hall–Kier alpha value is -0.820. The lowest BCUT2D eigenvalue weighted by atomic mass is 9.81. The molecule has 1 aliphatic rings. The molecule has 2 unspecified atom stereocenters. The Labute approximate surface area is 108 Å². The molecule has 6 nitrogen and oxygen atoms in total. The summed E-state index contributed by atoms with van der Waals surface area (Å²) in [5.41, 5.74) is 4.57. The number of nitrogens with two attached hydrogens (primary N) is 1. The van der Waals surface area contributed by atoms with E-state index in [0.717, 1.165) is 0 Å². The zero-order valence-corrected chi connectivity index (χ0v) is 12.1. The van der Waals surface area contributed by atoms with Gasteiger partial charge < -0.3 is 15.8 Å². The topological polar surface area (TPSA) is 98.5 Å². The van der Waals surface area contributed by atoms with Gasteiger partial charge in [-0.3, -0.25) is 0 Å². The molecule has 2 atom stereocenters. The molecule has 106 valence electrons. The maximum absolute atomic E-state index is 12.0. The van der Waals surface area contributed by atoms with Gasteiger partial charge in [0.15, 0.2) is 9.84 Å². The molecular formula is C11H22N2O4S. The third-order valence-electron chi connectivity index (χ3n) is 3.17. The Balaban J connectivity index is 3.08. The predicted octanol–water partition coefficient (Wildman–Crippen LogP) is 0.129. The minimum atomic E-state index is -3.33. The second-order valence-electron chi connectivity index (χ2n) is 5.94. The maximum Gasteiger partial charge on any atom is 0.404 e. The number of sulfone groups is 1. The Morgan fingerprint density at radius 1 is 1.39 bits per heavy atom. The summed E-state index contributed by atoms with van der Waals surface area (Å²) in [6, 6.07) is 0. The largest absolute Gasteiger partial charge is 0.444 e. The fourth-order valence-corrected chi connectivity index (χ4v) is 4.03. The van der Waals surface area contributed by atoms with Gasteiger partial charge in [0.25, 0.3) is 0 Å². The number of carbonyl (C=O) groups excluding carboxylic acids is 1. The van der Waals surface area contributed by atoms with Crippen LogP contribution in [0.3, 0.4) is 0 Å². The van der Waals surface area contributed by atoms with Gasteiger partial charge in [-0.25, -0.2) is 13.2 Å². The first kappa shape index (κ1) is 15.2. The summed E-state index contributed by atoms with van der Waals surface area (Å²) in [4.78, 5) is 11.0. The first-order valence-corrected chi connectivity index (χ1v) is 7.84. The number of nitrogens with one attached hydrogen (secondary N) is 1. The molecule has 0 spiro atoms. The van der Waals surface area contributed by atoms with Crippen LogP contribution >= 0.6 is 0 Å². The zero-order valence-electron chi connectivity index (χ0n) is 11.3. The fourth-order valence-electron chi connectivity index (χ4n) is 2.23. The van der Waals surface area contributed by atoms with E-state index in [1.807, 2.05) is 20.8 Å². The summed E-state index contributed by atoms with van der Waals surface area (Å²) in [6.45, 7) is 6.75. The van der Waals surface area contributed by atoms with Gasteiger partial charge in [-0.1, -0.05) is 20.8 Å². The van der Waals surface area contributed by atoms with E-state index in [0.29, 0.717) is 13.1 Å². The van der Waals surface area contributed by atoms with Crippen LogP contribution in [0.25, 0.3) is 0 Å². The van der Waals surface area contributed by atoms with E-state index in [1.54, 1.807) is 0 Å². The summed E-state index contributed by atoms with van der Waals surface area (Å²) >= 11 is 0. The molecule has 18 heavy (non-hydrogen) atoms. The van der Waals surface area contributed by atoms with Crippen LogP contribution in [0.1, 0.15) is 20.8 Å². The summed E-state index contributed by atoms with van der Waals surface area (Å²) in [7, 11) is -3.33. The molecular weight excluding hydrogens is 256 g/mol. The third kappa shape index (κ3) is 3.58. The molecule has 3 N–H and O–H groups in total. The van der Waals surface area contributed by atoms with Gasteiger partial charge in [0.2, 0.25) is 0 Å². The minimum Gasteiger partial charge on any atom is -0.444 e. The van der Waals surface area contributed by atoms with Crippen molar-refractivity contribution in [1.29, 1.82) is 0 Å². The van der Waals surface area contributed by atoms with Crippen molar-refractivity contribution in [2.75, 3.05) is 19.3 Å². The van der Waals surface area contributed by atoms with E-state index in [4.69, 9.17) is 10.5 Å². The lowest BCUT2D eigenvalue weighted by Gasteiger charge is -2.42. The first-order chi connectivity index (χ1) is 8.03. The monoisotopic (exact) mass is 278 g/mol. The molecule has 0 aromatic rings. The molecule has 0 saturated carbocycles. The van der Waals surface area contributed by atoms with Crippen molar-refractivity contribution in [1.82, 2.24) is 5.32 Å². The van der Waals surface area contributed by atoms with Crippen molar-refractivity contribution in [3.8, 4) is 0 Å². The average molecular weight is 278 g/mol. The summed E-state index contributed by atoms with van der Waals surface area (Å²) in [5, 5.41) is 2.32. The Morgan fingerprint density at radius 3 is 2.11 bits per heavy atom. The quantitative estimate of drug-likeness (QED) is 0.761.